The number of halogens is 3. The number of hydrogen-bond donors (Lipinski definition) is 3. The zero-order valence-electron chi connectivity index (χ0n) is 21.0. The lowest BCUT2D eigenvalue weighted by molar-refractivity contribution is -0.137. The molecular formula is C26H24F3N7O3. The van der Waals surface area contributed by atoms with Gasteiger partial charge in [-0.15, -0.1) is 0 Å². The van der Waals surface area contributed by atoms with Gasteiger partial charge >= 0.3 is 6.18 Å². The molecule has 0 spiro atoms. The van der Waals surface area contributed by atoms with Crippen molar-refractivity contribution in [3.63, 3.8) is 0 Å². The van der Waals surface area contributed by atoms with Gasteiger partial charge in [0.1, 0.15) is 17.3 Å². The molecule has 0 saturated heterocycles. The first kappa shape index (κ1) is 27.2. The van der Waals surface area contributed by atoms with E-state index in [0.717, 1.165) is 52.2 Å². The van der Waals surface area contributed by atoms with Crippen molar-refractivity contribution in [2.75, 3.05) is 35.2 Å². The van der Waals surface area contributed by atoms with Crippen molar-refractivity contribution in [2.24, 2.45) is 4.99 Å². The predicted molar refractivity (Wildman–Crippen MR) is 141 cm³/mol. The molecule has 2 aliphatic rings. The highest BCUT2D eigenvalue weighted by Crippen LogP contribution is 2.37. The van der Waals surface area contributed by atoms with Crippen LogP contribution in [0.3, 0.4) is 0 Å². The summed E-state index contributed by atoms with van der Waals surface area (Å²) in [6.45, 7) is 5.66. The highest BCUT2D eigenvalue weighted by molar-refractivity contribution is 6.36. The second kappa shape index (κ2) is 11.3. The summed E-state index contributed by atoms with van der Waals surface area (Å²) in [7, 11) is 0. The predicted octanol–water partition coefficient (Wildman–Crippen LogP) is 4.36. The number of aromatic nitrogens is 3. The molecule has 0 fully saturated rings. The average molecular weight is 540 g/mol. The van der Waals surface area contributed by atoms with E-state index in [4.69, 9.17) is 14.9 Å². The molecule has 13 heteroatoms. The highest BCUT2D eigenvalue weighted by Gasteiger charge is 2.32. The topological polar surface area (TPSA) is 133 Å². The van der Waals surface area contributed by atoms with Gasteiger partial charge in [0, 0.05) is 42.3 Å². The molecule has 2 aromatic heterocycles. The summed E-state index contributed by atoms with van der Waals surface area (Å²) in [5, 5.41) is 12.7. The van der Waals surface area contributed by atoms with Crippen LogP contribution >= 0.6 is 0 Å². The molecule has 5 rings (SSSR count). The van der Waals surface area contributed by atoms with Crippen LogP contribution in [0.25, 0.3) is 11.6 Å². The molecule has 0 aliphatic carbocycles. The fourth-order valence-corrected chi connectivity index (χ4v) is 4.16. The molecule has 4 heterocycles. The molecule has 10 nitrogen and oxygen atoms in total. The maximum Gasteiger partial charge on any atom is 0.416 e. The molecule has 0 unspecified atom stereocenters. The van der Waals surface area contributed by atoms with E-state index in [9.17, 15) is 18.0 Å². The lowest BCUT2D eigenvalue weighted by Crippen LogP contribution is -2.32. The molecule has 202 valence electrons. The number of carbonyl (C=O) groups is 2. The molecule has 0 atom stereocenters. The molecule has 1 aromatic carbocycles. The van der Waals surface area contributed by atoms with Gasteiger partial charge in [0.2, 0.25) is 5.95 Å². The number of amidine groups is 1. The number of amides is 1. The largest absolute Gasteiger partial charge is 0.483 e. The number of nitrogens with zero attached hydrogens (tertiary/aromatic N) is 5. The Kier molecular flexibility index (Phi) is 7.88. The first-order chi connectivity index (χ1) is 18.7. The summed E-state index contributed by atoms with van der Waals surface area (Å²) in [4.78, 5) is 40.6. The Labute approximate surface area is 221 Å². The van der Waals surface area contributed by atoms with Crippen molar-refractivity contribution in [3.05, 3.63) is 70.7 Å². The molecular weight excluding hydrogens is 515 g/mol. The van der Waals surface area contributed by atoms with Gasteiger partial charge in [-0.05, 0) is 55.3 Å². The van der Waals surface area contributed by atoms with Crippen LogP contribution in [0.4, 0.5) is 30.6 Å². The van der Waals surface area contributed by atoms with Crippen LogP contribution in [-0.2, 0) is 11.0 Å². The minimum Gasteiger partial charge on any atom is -0.483 e. The van der Waals surface area contributed by atoms with Crippen molar-refractivity contribution in [3.8, 4) is 0 Å². The average Bonchev–Trinajstić information content (AvgIpc) is 3.40. The summed E-state index contributed by atoms with van der Waals surface area (Å²) in [6.07, 6.45) is 0.131. The Morgan fingerprint density at radius 1 is 1.21 bits per heavy atom. The van der Waals surface area contributed by atoms with E-state index in [1.807, 2.05) is 30.9 Å². The standard InChI is InChI=1S/C25H22F3N7O.CH2O2/c1-3-29-24-32-13-15-10-19(22-31-8-9-35(22)21(15)34-24)18-12-17(5-4-14(18)2)33-23(36)20-11-16(6-7-30-20)25(26,27)28;2-1-3/h4-7,10-13H,3,8-9H2,1-2H3,(H,33,36)(H,29,32,34);1H,(H,2,3). The van der Waals surface area contributed by atoms with E-state index in [0.29, 0.717) is 31.3 Å². The Hall–Kier alpha value is -4.81. The Morgan fingerprint density at radius 3 is 2.69 bits per heavy atom. The van der Waals surface area contributed by atoms with Crippen LogP contribution in [-0.4, -0.2) is 57.9 Å². The molecule has 2 aliphatic heterocycles. The quantitative estimate of drug-likeness (QED) is 0.408. The summed E-state index contributed by atoms with van der Waals surface area (Å²) in [5.41, 5.74) is 2.64. The number of hydrogen-bond acceptors (Lipinski definition) is 8. The van der Waals surface area contributed by atoms with Crippen molar-refractivity contribution >= 4 is 47.3 Å². The van der Waals surface area contributed by atoms with Crippen LogP contribution in [0, 0.1) is 6.92 Å². The number of rotatable bonds is 5. The number of aliphatic imine (C=N–C) groups is 1. The molecule has 0 saturated carbocycles. The third kappa shape index (κ3) is 5.87. The SMILES string of the molecule is CCNc1ncc2c(n1)N1CCN=C1C(c1cc(NC(=O)c3cc(C(F)(F)F)ccn3)ccc1C)=C2.O=CO. The summed E-state index contributed by atoms with van der Waals surface area (Å²) < 4.78 is 39.1. The van der Waals surface area contributed by atoms with Gasteiger partial charge in [0.15, 0.2) is 0 Å². The first-order valence-electron chi connectivity index (χ1n) is 11.8. The van der Waals surface area contributed by atoms with Crippen LogP contribution < -0.4 is 15.5 Å². The Morgan fingerprint density at radius 2 is 1.97 bits per heavy atom. The zero-order valence-corrected chi connectivity index (χ0v) is 21.0. The maximum atomic E-state index is 13.0. The number of carbonyl (C=O) groups excluding carboxylic acids is 1. The Bertz CT molecular complexity index is 1470. The van der Waals surface area contributed by atoms with Crippen LogP contribution in [0.15, 0.2) is 47.7 Å². The minimum atomic E-state index is -4.57. The second-order valence-electron chi connectivity index (χ2n) is 8.43. The van der Waals surface area contributed by atoms with Crippen molar-refractivity contribution < 1.29 is 27.9 Å². The number of carboxylic acid groups (broad SMARTS) is 1. The van der Waals surface area contributed by atoms with E-state index in [2.05, 4.69) is 25.6 Å². The minimum absolute atomic E-state index is 0.250. The van der Waals surface area contributed by atoms with E-state index in [1.54, 1.807) is 18.3 Å². The molecule has 3 N–H and O–H groups in total. The van der Waals surface area contributed by atoms with Gasteiger partial charge in [-0.25, -0.2) is 4.98 Å². The van der Waals surface area contributed by atoms with Gasteiger partial charge in [-0.1, -0.05) is 6.07 Å². The number of benzene rings is 1. The van der Waals surface area contributed by atoms with Gasteiger partial charge in [-0.2, -0.15) is 18.2 Å². The van der Waals surface area contributed by atoms with Gasteiger partial charge < -0.3 is 20.6 Å². The van der Waals surface area contributed by atoms with Crippen LogP contribution in [0.5, 0.6) is 0 Å². The van der Waals surface area contributed by atoms with E-state index in [-0.39, 0.29) is 12.2 Å². The number of alkyl halides is 3. The summed E-state index contributed by atoms with van der Waals surface area (Å²) >= 11 is 0. The van der Waals surface area contributed by atoms with E-state index >= 15 is 0 Å². The van der Waals surface area contributed by atoms with Crippen LogP contribution in [0.1, 0.15) is 39.7 Å². The fourth-order valence-electron chi connectivity index (χ4n) is 4.16. The third-order valence-electron chi connectivity index (χ3n) is 5.87. The van der Waals surface area contributed by atoms with Crippen molar-refractivity contribution in [1.29, 1.82) is 0 Å². The Balaban J connectivity index is 0.00000112. The molecule has 39 heavy (non-hydrogen) atoms. The highest BCUT2D eigenvalue weighted by atomic mass is 19.4. The number of pyridine rings is 1. The maximum absolute atomic E-state index is 13.0. The summed E-state index contributed by atoms with van der Waals surface area (Å²) in [5.74, 6) is 1.36. The number of aryl methyl sites for hydroxylation is 1. The molecule has 3 aromatic rings. The molecule has 0 radical (unpaired) electrons. The number of nitrogens with one attached hydrogen (secondary N) is 2. The summed E-state index contributed by atoms with van der Waals surface area (Å²) in [6, 6.07) is 6.88. The number of anilines is 3. The van der Waals surface area contributed by atoms with Crippen molar-refractivity contribution in [2.45, 2.75) is 20.0 Å². The third-order valence-corrected chi connectivity index (χ3v) is 5.87. The van der Waals surface area contributed by atoms with E-state index in [1.165, 1.54) is 0 Å². The lowest BCUT2D eigenvalue weighted by atomic mass is 9.94. The van der Waals surface area contributed by atoms with Gasteiger partial charge in [0.05, 0.1) is 12.1 Å². The van der Waals surface area contributed by atoms with Gasteiger partial charge in [0.25, 0.3) is 12.4 Å². The normalized spacial score (nSPS) is 13.7. The smallest absolute Gasteiger partial charge is 0.416 e. The van der Waals surface area contributed by atoms with E-state index < -0.39 is 17.6 Å². The van der Waals surface area contributed by atoms with Gasteiger partial charge in [-0.3, -0.25) is 19.6 Å². The lowest BCUT2D eigenvalue weighted by Gasteiger charge is -2.28. The monoisotopic (exact) mass is 539 g/mol. The number of fused-ring (bicyclic) bond motifs is 3. The second-order valence-corrected chi connectivity index (χ2v) is 8.43. The zero-order chi connectivity index (χ0) is 28.2. The fraction of sp³-hybridized carbons (Fsp3) is 0.231. The van der Waals surface area contributed by atoms with Crippen molar-refractivity contribution in [1.82, 2.24) is 15.0 Å². The molecule has 0 bridgehead atoms. The molecule has 1 amide bonds. The first-order valence-corrected chi connectivity index (χ1v) is 11.8. The van der Waals surface area contributed by atoms with Crippen LogP contribution in [0.2, 0.25) is 0 Å².